The minimum atomic E-state index is 0.553. The zero-order valence-electron chi connectivity index (χ0n) is 14.2. The Morgan fingerprint density at radius 3 is 2.50 bits per heavy atom. The van der Waals surface area contributed by atoms with Crippen LogP contribution in [0.15, 0.2) is 54.9 Å². The average Bonchev–Trinajstić information content (AvgIpc) is 2.69. The van der Waals surface area contributed by atoms with E-state index in [4.69, 9.17) is 14.2 Å². The molecule has 132 valence electrons. The highest BCUT2D eigenvalue weighted by Crippen LogP contribution is 2.33. The summed E-state index contributed by atoms with van der Waals surface area (Å²) in [6, 6.07) is 15.2. The fourth-order valence-corrected chi connectivity index (χ4v) is 2.65. The number of para-hydroxylation sites is 2. The van der Waals surface area contributed by atoms with E-state index in [9.17, 15) is 0 Å². The van der Waals surface area contributed by atoms with Crippen molar-refractivity contribution in [1.82, 2.24) is 9.97 Å². The van der Waals surface area contributed by atoms with Crippen LogP contribution in [-0.2, 0) is 0 Å². The third-order valence-corrected chi connectivity index (χ3v) is 3.85. The number of rotatable bonds is 5. The minimum Gasteiger partial charge on any atom is -0.495 e. The van der Waals surface area contributed by atoms with Crippen molar-refractivity contribution >= 4 is 23.0 Å². The fourth-order valence-electron chi connectivity index (χ4n) is 2.65. The lowest BCUT2D eigenvalue weighted by atomic mass is 10.2. The summed E-state index contributed by atoms with van der Waals surface area (Å²) >= 11 is 0. The number of methoxy groups -OCH3 is 1. The molecule has 7 heteroatoms. The smallest absolute Gasteiger partial charge is 0.163 e. The summed E-state index contributed by atoms with van der Waals surface area (Å²) in [5.41, 5.74) is 1.69. The van der Waals surface area contributed by atoms with E-state index in [-0.39, 0.29) is 0 Å². The summed E-state index contributed by atoms with van der Waals surface area (Å²) in [7, 11) is 1.63. The molecule has 0 amide bonds. The number of hydrogen-bond donors (Lipinski definition) is 2. The van der Waals surface area contributed by atoms with Gasteiger partial charge in [0.25, 0.3) is 0 Å². The highest BCUT2D eigenvalue weighted by Gasteiger charge is 2.12. The highest BCUT2D eigenvalue weighted by molar-refractivity contribution is 5.67. The minimum absolute atomic E-state index is 0.553. The van der Waals surface area contributed by atoms with E-state index in [1.807, 2.05) is 48.5 Å². The molecule has 0 saturated carbocycles. The maximum absolute atomic E-state index is 5.61. The van der Waals surface area contributed by atoms with Gasteiger partial charge in [-0.25, -0.2) is 9.97 Å². The molecular formula is C19H18N4O3. The third-order valence-electron chi connectivity index (χ3n) is 3.85. The van der Waals surface area contributed by atoms with Crippen LogP contribution < -0.4 is 24.8 Å². The van der Waals surface area contributed by atoms with E-state index in [0.717, 1.165) is 28.6 Å². The molecule has 0 bridgehead atoms. The van der Waals surface area contributed by atoms with Crippen LogP contribution in [0.3, 0.4) is 0 Å². The first-order valence-electron chi connectivity index (χ1n) is 8.20. The maximum Gasteiger partial charge on any atom is 0.163 e. The number of nitrogens with one attached hydrogen (secondary N) is 2. The monoisotopic (exact) mass is 350 g/mol. The second kappa shape index (κ2) is 7.18. The lowest BCUT2D eigenvalue weighted by Crippen LogP contribution is -2.15. The first-order valence-corrected chi connectivity index (χ1v) is 8.20. The van der Waals surface area contributed by atoms with E-state index in [1.165, 1.54) is 6.33 Å². The van der Waals surface area contributed by atoms with Crippen molar-refractivity contribution in [2.24, 2.45) is 0 Å². The van der Waals surface area contributed by atoms with Crippen LogP contribution in [0.2, 0.25) is 0 Å². The summed E-state index contributed by atoms with van der Waals surface area (Å²) in [5.74, 6) is 3.54. The van der Waals surface area contributed by atoms with Crippen LogP contribution in [0.25, 0.3) is 0 Å². The van der Waals surface area contributed by atoms with Crippen LogP contribution in [0, 0.1) is 0 Å². The van der Waals surface area contributed by atoms with Gasteiger partial charge >= 0.3 is 0 Å². The number of benzene rings is 2. The van der Waals surface area contributed by atoms with Gasteiger partial charge in [-0.05, 0) is 24.3 Å². The predicted molar refractivity (Wildman–Crippen MR) is 99.0 cm³/mol. The molecule has 3 aromatic rings. The second-order valence-electron chi connectivity index (χ2n) is 5.60. The number of aromatic nitrogens is 2. The Hall–Kier alpha value is -3.48. The molecule has 0 radical (unpaired) electrons. The molecule has 2 heterocycles. The molecule has 0 spiro atoms. The van der Waals surface area contributed by atoms with Gasteiger partial charge in [0.15, 0.2) is 11.5 Å². The molecule has 1 aliphatic rings. The SMILES string of the molecule is COc1ccccc1Nc1cc(Nc2ccc3c(c2)OCCO3)ncn1. The zero-order valence-corrected chi connectivity index (χ0v) is 14.2. The van der Waals surface area contributed by atoms with Gasteiger partial charge < -0.3 is 24.8 Å². The van der Waals surface area contributed by atoms with Crippen molar-refractivity contribution in [1.29, 1.82) is 0 Å². The van der Waals surface area contributed by atoms with Gasteiger partial charge in [-0.15, -0.1) is 0 Å². The van der Waals surface area contributed by atoms with Crippen molar-refractivity contribution in [3.05, 3.63) is 54.9 Å². The predicted octanol–water partition coefficient (Wildman–Crippen LogP) is 3.74. The van der Waals surface area contributed by atoms with Gasteiger partial charge in [0.05, 0.1) is 12.8 Å². The molecule has 1 aromatic heterocycles. The Morgan fingerprint density at radius 1 is 0.885 bits per heavy atom. The topological polar surface area (TPSA) is 77.5 Å². The molecule has 0 saturated heterocycles. The molecule has 0 atom stereocenters. The molecule has 0 fully saturated rings. The van der Waals surface area contributed by atoms with E-state index < -0.39 is 0 Å². The molecule has 0 unspecified atom stereocenters. The normalized spacial score (nSPS) is 12.3. The van der Waals surface area contributed by atoms with Crippen molar-refractivity contribution < 1.29 is 14.2 Å². The van der Waals surface area contributed by atoms with Crippen LogP contribution in [0.1, 0.15) is 0 Å². The second-order valence-corrected chi connectivity index (χ2v) is 5.60. The molecule has 0 aliphatic carbocycles. The quantitative estimate of drug-likeness (QED) is 0.726. The highest BCUT2D eigenvalue weighted by atomic mass is 16.6. The zero-order chi connectivity index (χ0) is 17.8. The van der Waals surface area contributed by atoms with E-state index in [0.29, 0.717) is 24.8 Å². The van der Waals surface area contributed by atoms with Crippen LogP contribution in [0.5, 0.6) is 17.2 Å². The first kappa shape index (κ1) is 16.0. The van der Waals surface area contributed by atoms with Gasteiger partial charge in [0.2, 0.25) is 0 Å². The maximum atomic E-state index is 5.61. The molecule has 1 aliphatic heterocycles. The molecule has 2 N–H and O–H groups in total. The summed E-state index contributed by atoms with van der Waals surface area (Å²) in [6.45, 7) is 1.13. The largest absolute Gasteiger partial charge is 0.495 e. The van der Waals surface area contributed by atoms with Gasteiger partial charge in [-0.3, -0.25) is 0 Å². The molecule has 4 rings (SSSR count). The van der Waals surface area contributed by atoms with E-state index in [1.54, 1.807) is 7.11 Å². The van der Waals surface area contributed by atoms with E-state index >= 15 is 0 Å². The lowest BCUT2D eigenvalue weighted by Gasteiger charge is -2.19. The van der Waals surface area contributed by atoms with Gasteiger partial charge in [-0.2, -0.15) is 0 Å². The summed E-state index contributed by atoms with van der Waals surface area (Å²) in [5, 5.41) is 6.49. The Kier molecular flexibility index (Phi) is 4.42. The number of fused-ring (bicyclic) bond motifs is 1. The number of anilines is 4. The Bertz CT molecular complexity index is 917. The average molecular weight is 350 g/mol. The molecule has 7 nitrogen and oxygen atoms in total. The van der Waals surface area contributed by atoms with Crippen molar-refractivity contribution in [2.75, 3.05) is 31.0 Å². The Labute approximate surface area is 151 Å². The molecular weight excluding hydrogens is 332 g/mol. The Balaban J connectivity index is 1.52. The third kappa shape index (κ3) is 3.46. The van der Waals surface area contributed by atoms with Crippen LogP contribution >= 0.6 is 0 Å². The van der Waals surface area contributed by atoms with Crippen LogP contribution in [0.4, 0.5) is 23.0 Å². The van der Waals surface area contributed by atoms with Gasteiger partial charge in [0.1, 0.15) is 36.9 Å². The van der Waals surface area contributed by atoms with Crippen LogP contribution in [-0.4, -0.2) is 30.3 Å². The number of ether oxygens (including phenoxy) is 3. The Morgan fingerprint density at radius 2 is 1.65 bits per heavy atom. The lowest BCUT2D eigenvalue weighted by molar-refractivity contribution is 0.171. The summed E-state index contributed by atoms with van der Waals surface area (Å²) < 4.78 is 16.5. The van der Waals surface area contributed by atoms with Crippen molar-refractivity contribution in [3.63, 3.8) is 0 Å². The van der Waals surface area contributed by atoms with Gasteiger partial charge in [0, 0.05) is 17.8 Å². The molecule has 26 heavy (non-hydrogen) atoms. The number of hydrogen-bond acceptors (Lipinski definition) is 7. The molecule has 2 aromatic carbocycles. The first-order chi connectivity index (χ1) is 12.8. The number of nitrogens with zero attached hydrogens (tertiary/aromatic N) is 2. The van der Waals surface area contributed by atoms with Crippen molar-refractivity contribution in [3.8, 4) is 17.2 Å². The van der Waals surface area contributed by atoms with Gasteiger partial charge in [-0.1, -0.05) is 12.1 Å². The standard InChI is InChI=1S/C19H18N4O3/c1-24-15-5-3-2-4-14(15)23-19-11-18(20-12-21-19)22-13-6-7-16-17(10-13)26-9-8-25-16/h2-7,10-12H,8-9H2,1H3,(H2,20,21,22,23). The summed E-state index contributed by atoms with van der Waals surface area (Å²) in [4.78, 5) is 8.52. The fraction of sp³-hybridized carbons (Fsp3) is 0.158. The summed E-state index contributed by atoms with van der Waals surface area (Å²) in [6.07, 6.45) is 1.50. The van der Waals surface area contributed by atoms with Crippen molar-refractivity contribution in [2.45, 2.75) is 0 Å². The van der Waals surface area contributed by atoms with E-state index in [2.05, 4.69) is 20.6 Å².